The van der Waals surface area contributed by atoms with Gasteiger partial charge in [-0.05, 0) is 42.8 Å². The maximum Gasteiger partial charge on any atom is 0.259 e. The number of hydrogen-bond acceptors (Lipinski definition) is 3. The van der Waals surface area contributed by atoms with Gasteiger partial charge in [-0.25, -0.2) is 0 Å². The third-order valence-corrected chi connectivity index (χ3v) is 3.74. The van der Waals surface area contributed by atoms with Crippen LogP contribution in [0.3, 0.4) is 0 Å². The van der Waals surface area contributed by atoms with Crippen molar-refractivity contribution in [2.75, 3.05) is 5.32 Å². The lowest BCUT2D eigenvalue weighted by Crippen LogP contribution is -2.19. The van der Waals surface area contributed by atoms with E-state index in [4.69, 9.17) is 11.6 Å². The molecule has 3 rings (SSSR count). The maximum absolute atomic E-state index is 11.6. The summed E-state index contributed by atoms with van der Waals surface area (Å²) >= 11 is 5.87. The second-order valence-electron chi connectivity index (χ2n) is 4.96. The molecule has 0 saturated heterocycles. The van der Waals surface area contributed by atoms with Crippen LogP contribution >= 0.6 is 11.6 Å². The number of amides is 2. The molecular formula is C16H13ClN2O2. The Kier molecular flexibility index (Phi) is 3.39. The molecule has 0 aliphatic carbocycles. The van der Waals surface area contributed by atoms with Crippen molar-refractivity contribution in [1.82, 2.24) is 5.32 Å². The number of hydrogen-bond donors (Lipinski definition) is 2. The van der Waals surface area contributed by atoms with Crippen molar-refractivity contribution in [2.24, 2.45) is 0 Å². The quantitative estimate of drug-likeness (QED) is 0.854. The van der Waals surface area contributed by atoms with Gasteiger partial charge in [0.25, 0.3) is 11.8 Å². The molecular weight excluding hydrogens is 288 g/mol. The Labute approximate surface area is 127 Å². The molecule has 0 spiro atoms. The molecule has 21 heavy (non-hydrogen) atoms. The Morgan fingerprint density at radius 3 is 2.38 bits per heavy atom. The summed E-state index contributed by atoms with van der Waals surface area (Å²) in [6.45, 7) is 2.02. The highest BCUT2D eigenvalue weighted by atomic mass is 35.5. The Bertz CT molecular complexity index is 726. The first-order valence-electron chi connectivity index (χ1n) is 6.56. The van der Waals surface area contributed by atoms with Crippen LogP contribution < -0.4 is 10.6 Å². The van der Waals surface area contributed by atoms with E-state index in [1.807, 2.05) is 31.2 Å². The second kappa shape index (κ2) is 5.22. The van der Waals surface area contributed by atoms with E-state index in [0.717, 1.165) is 11.3 Å². The summed E-state index contributed by atoms with van der Waals surface area (Å²) < 4.78 is 0. The van der Waals surface area contributed by atoms with Crippen LogP contribution in [0.1, 0.15) is 39.2 Å². The minimum absolute atomic E-state index is 0.0560. The van der Waals surface area contributed by atoms with E-state index < -0.39 is 0 Å². The first-order valence-corrected chi connectivity index (χ1v) is 6.94. The zero-order valence-corrected chi connectivity index (χ0v) is 12.1. The SMILES string of the molecule is CC(Nc1ccc2c(c1)C(=O)NC2=O)c1ccc(Cl)cc1. The van der Waals surface area contributed by atoms with Crippen molar-refractivity contribution in [2.45, 2.75) is 13.0 Å². The second-order valence-corrected chi connectivity index (χ2v) is 5.40. The third-order valence-electron chi connectivity index (χ3n) is 3.49. The van der Waals surface area contributed by atoms with Crippen molar-refractivity contribution >= 4 is 29.1 Å². The molecule has 1 aliphatic rings. The number of anilines is 1. The number of halogens is 1. The molecule has 1 aliphatic heterocycles. The molecule has 0 fully saturated rings. The average molecular weight is 301 g/mol. The van der Waals surface area contributed by atoms with Crippen LogP contribution in [-0.4, -0.2) is 11.8 Å². The van der Waals surface area contributed by atoms with Gasteiger partial charge in [0, 0.05) is 16.8 Å². The van der Waals surface area contributed by atoms with Gasteiger partial charge in [0.1, 0.15) is 0 Å². The Morgan fingerprint density at radius 1 is 1.00 bits per heavy atom. The summed E-state index contributed by atoms with van der Waals surface area (Å²) in [5.74, 6) is -0.690. The molecule has 106 valence electrons. The number of carbonyl (C=O) groups is 2. The number of carbonyl (C=O) groups excluding carboxylic acids is 2. The Balaban J connectivity index is 1.82. The molecule has 2 aromatic rings. The minimum atomic E-state index is -0.349. The third kappa shape index (κ3) is 2.62. The predicted molar refractivity (Wildman–Crippen MR) is 81.7 cm³/mol. The fourth-order valence-corrected chi connectivity index (χ4v) is 2.47. The van der Waals surface area contributed by atoms with Gasteiger partial charge in [0.2, 0.25) is 0 Å². The van der Waals surface area contributed by atoms with Crippen LogP contribution in [-0.2, 0) is 0 Å². The van der Waals surface area contributed by atoms with Crippen LogP contribution in [0.4, 0.5) is 5.69 Å². The van der Waals surface area contributed by atoms with Crippen molar-refractivity contribution in [3.05, 3.63) is 64.2 Å². The molecule has 2 aromatic carbocycles. The maximum atomic E-state index is 11.6. The minimum Gasteiger partial charge on any atom is -0.379 e. The molecule has 4 nitrogen and oxygen atoms in total. The van der Waals surface area contributed by atoms with Crippen molar-refractivity contribution in [3.63, 3.8) is 0 Å². The highest BCUT2D eigenvalue weighted by molar-refractivity contribution is 6.30. The van der Waals surface area contributed by atoms with Crippen LogP contribution in [0.25, 0.3) is 0 Å². The topological polar surface area (TPSA) is 58.2 Å². The van der Waals surface area contributed by atoms with Gasteiger partial charge >= 0.3 is 0 Å². The van der Waals surface area contributed by atoms with Gasteiger partial charge in [0.15, 0.2) is 0 Å². The molecule has 2 amide bonds. The summed E-state index contributed by atoms with van der Waals surface area (Å²) in [5.41, 5.74) is 2.71. The lowest BCUT2D eigenvalue weighted by atomic mass is 10.1. The summed E-state index contributed by atoms with van der Waals surface area (Å²) in [7, 11) is 0. The number of imide groups is 1. The first kappa shape index (κ1) is 13.6. The molecule has 1 heterocycles. The van der Waals surface area contributed by atoms with Gasteiger partial charge in [-0.15, -0.1) is 0 Å². The zero-order valence-electron chi connectivity index (χ0n) is 11.3. The zero-order chi connectivity index (χ0) is 15.0. The fraction of sp³-hybridized carbons (Fsp3) is 0.125. The van der Waals surface area contributed by atoms with E-state index >= 15 is 0 Å². The molecule has 0 saturated carbocycles. The molecule has 1 atom stereocenters. The summed E-state index contributed by atoms with van der Waals surface area (Å²) in [6, 6.07) is 12.8. The van der Waals surface area contributed by atoms with Gasteiger partial charge in [0.05, 0.1) is 11.1 Å². The van der Waals surface area contributed by atoms with Crippen LogP contribution in [0.5, 0.6) is 0 Å². The van der Waals surface area contributed by atoms with Crippen LogP contribution in [0.2, 0.25) is 5.02 Å². The van der Waals surface area contributed by atoms with Crippen molar-refractivity contribution in [1.29, 1.82) is 0 Å². The molecule has 5 heteroatoms. The van der Waals surface area contributed by atoms with Gasteiger partial charge in [-0.3, -0.25) is 14.9 Å². The van der Waals surface area contributed by atoms with E-state index in [2.05, 4.69) is 10.6 Å². The van der Waals surface area contributed by atoms with Crippen molar-refractivity contribution in [3.8, 4) is 0 Å². The highest BCUT2D eigenvalue weighted by Crippen LogP contribution is 2.24. The van der Waals surface area contributed by atoms with E-state index in [-0.39, 0.29) is 17.9 Å². The Hall–Kier alpha value is -2.33. The standard InChI is InChI=1S/C16H13ClN2O2/c1-9(10-2-4-11(17)5-3-10)18-12-6-7-13-14(8-12)16(21)19-15(13)20/h2-9,18H,1H3,(H,19,20,21). The lowest BCUT2D eigenvalue weighted by molar-refractivity contribution is 0.0879. The molecule has 0 radical (unpaired) electrons. The summed E-state index contributed by atoms with van der Waals surface area (Å²) in [6.07, 6.45) is 0. The molecule has 2 N–H and O–H groups in total. The van der Waals surface area contributed by atoms with Crippen LogP contribution in [0.15, 0.2) is 42.5 Å². The fourth-order valence-electron chi connectivity index (χ4n) is 2.34. The number of benzene rings is 2. The highest BCUT2D eigenvalue weighted by Gasteiger charge is 2.26. The number of fused-ring (bicyclic) bond motifs is 1. The number of rotatable bonds is 3. The monoisotopic (exact) mass is 300 g/mol. The summed E-state index contributed by atoms with van der Waals surface area (Å²) in [4.78, 5) is 23.1. The van der Waals surface area contributed by atoms with E-state index in [9.17, 15) is 9.59 Å². The molecule has 0 aromatic heterocycles. The Morgan fingerprint density at radius 2 is 1.67 bits per heavy atom. The van der Waals surface area contributed by atoms with Gasteiger partial charge < -0.3 is 5.32 Å². The normalized spacial score (nSPS) is 14.6. The van der Waals surface area contributed by atoms with E-state index in [1.54, 1.807) is 18.2 Å². The first-order chi connectivity index (χ1) is 10.0. The lowest BCUT2D eigenvalue weighted by Gasteiger charge is -2.16. The smallest absolute Gasteiger partial charge is 0.259 e. The number of nitrogens with one attached hydrogen (secondary N) is 2. The average Bonchev–Trinajstić information content (AvgIpc) is 2.74. The van der Waals surface area contributed by atoms with E-state index in [1.165, 1.54) is 0 Å². The van der Waals surface area contributed by atoms with Gasteiger partial charge in [-0.2, -0.15) is 0 Å². The largest absolute Gasteiger partial charge is 0.379 e. The van der Waals surface area contributed by atoms with E-state index in [0.29, 0.717) is 16.1 Å². The molecule has 0 bridgehead atoms. The predicted octanol–water partition coefficient (Wildman–Crippen LogP) is 3.40. The van der Waals surface area contributed by atoms with Gasteiger partial charge in [-0.1, -0.05) is 23.7 Å². The van der Waals surface area contributed by atoms with Crippen LogP contribution in [0, 0.1) is 0 Å². The van der Waals surface area contributed by atoms with Crippen molar-refractivity contribution < 1.29 is 9.59 Å². The summed E-state index contributed by atoms with van der Waals surface area (Å²) in [5, 5.41) is 6.28. The molecule has 1 unspecified atom stereocenters.